The number of aromatic nitrogens is 4. The number of Topliss-reactive ketones (excluding diaryl/α,β-unsaturated/α-hetero) is 1. The molecule has 0 aliphatic rings. The van der Waals surface area contributed by atoms with Crippen molar-refractivity contribution in [1.82, 2.24) is 19.1 Å². The number of thioether (sulfide) groups is 1. The topological polar surface area (TPSA) is 89.8 Å². The Hall–Kier alpha value is -2.13. The quantitative estimate of drug-likeness (QED) is 0.634. The van der Waals surface area contributed by atoms with Crippen LogP contribution in [0.3, 0.4) is 0 Å². The minimum atomic E-state index is -0.521. The van der Waals surface area contributed by atoms with Crippen LogP contribution in [-0.2, 0) is 18.4 Å². The Morgan fingerprint density at radius 3 is 2.80 bits per heavy atom. The fourth-order valence-electron chi connectivity index (χ4n) is 2.46. The van der Waals surface area contributed by atoms with E-state index in [0.29, 0.717) is 22.9 Å². The van der Waals surface area contributed by atoms with Crippen LogP contribution in [0.2, 0.25) is 0 Å². The predicted molar refractivity (Wildman–Crippen MR) is 100 cm³/mol. The Morgan fingerprint density at radius 1 is 1.36 bits per heavy atom. The molecule has 9 heteroatoms. The van der Waals surface area contributed by atoms with Gasteiger partial charge >= 0.3 is 5.69 Å². The van der Waals surface area contributed by atoms with E-state index in [2.05, 4.69) is 25.9 Å². The van der Waals surface area contributed by atoms with Gasteiger partial charge in [-0.05, 0) is 24.6 Å². The van der Waals surface area contributed by atoms with Crippen molar-refractivity contribution >= 4 is 44.6 Å². The number of benzene rings is 1. The van der Waals surface area contributed by atoms with Crippen LogP contribution in [0, 0.1) is 0 Å². The van der Waals surface area contributed by atoms with Crippen LogP contribution < -0.4 is 11.2 Å². The molecule has 1 N–H and O–H groups in total. The van der Waals surface area contributed by atoms with E-state index in [9.17, 15) is 14.4 Å². The zero-order chi connectivity index (χ0) is 18.1. The van der Waals surface area contributed by atoms with Crippen molar-refractivity contribution in [2.75, 3.05) is 5.75 Å². The Morgan fingerprint density at radius 2 is 2.12 bits per heavy atom. The lowest BCUT2D eigenvalue weighted by atomic mass is 10.2. The van der Waals surface area contributed by atoms with Crippen molar-refractivity contribution in [1.29, 1.82) is 0 Å². The van der Waals surface area contributed by atoms with Crippen molar-refractivity contribution in [3.63, 3.8) is 0 Å². The number of hydrogen-bond acceptors (Lipinski definition) is 5. The van der Waals surface area contributed by atoms with Gasteiger partial charge in [-0.3, -0.25) is 19.1 Å². The molecule has 25 heavy (non-hydrogen) atoms. The van der Waals surface area contributed by atoms with E-state index in [-0.39, 0.29) is 11.5 Å². The predicted octanol–water partition coefficient (Wildman–Crippen LogP) is 1.92. The molecule has 0 amide bonds. The van der Waals surface area contributed by atoms with Crippen LogP contribution in [0.4, 0.5) is 0 Å². The van der Waals surface area contributed by atoms with Crippen LogP contribution in [0.5, 0.6) is 0 Å². The molecular weight excluding hydrogens is 408 g/mol. The molecule has 0 saturated heterocycles. The lowest BCUT2D eigenvalue weighted by molar-refractivity contribution is -0.114. The first-order valence-electron chi connectivity index (χ1n) is 7.43. The standard InChI is InChI=1S/C16H15BrN4O3S/c1-9(22)8-25-16-18-13-12(14(23)19-15(24)20(13)2)21(16)7-10-4-3-5-11(17)6-10/h3-6H,7-8H2,1-2H3,(H,19,23,24). The first-order chi connectivity index (χ1) is 11.9. The molecule has 7 nitrogen and oxygen atoms in total. The molecule has 130 valence electrons. The van der Waals surface area contributed by atoms with Crippen molar-refractivity contribution in [2.24, 2.45) is 7.05 Å². The van der Waals surface area contributed by atoms with Crippen molar-refractivity contribution in [2.45, 2.75) is 18.6 Å². The van der Waals surface area contributed by atoms with Crippen LogP contribution in [0.15, 0.2) is 43.5 Å². The number of ketones is 1. The summed E-state index contributed by atoms with van der Waals surface area (Å²) in [5.74, 6) is 0.252. The molecule has 3 rings (SSSR count). The molecule has 0 fully saturated rings. The Kier molecular flexibility index (Phi) is 4.96. The average Bonchev–Trinajstić information content (AvgIpc) is 2.90. The molecule has 0 bridgehead atoms. The lowest BCUT2D eigenvalue weighted by Crippen LogP contribution is -2.29. The Labute approximate surface area is 155 Å². The average molecular weight is 423 g/mol. The SMILES string of the molecule is CC(=O)CSc1nc2c(c(=O)[nH]c(=O)n2C)n1Cc1cccc(Br)c1. The normalized spacial score (nSPS) is 11.2. The number of imidazole rings is 1. The second-order valence-electron chi connectivity index (χ2n) is 5.59. The largest absolute Gasteiger partial charge is 0.329 e. The number of carbonyl (C=O) groups is 1. The number of nitrogens with zero attached hydrogens (tertiary/aromatic N) is 3. The zero-order valence-electron chi connectivity index (χ0n) is 13.6. The van der Waals surface area contributed by atoms with Gasteiger partial charge in [-0.15, -0.1) is 0 Å². The summed E-state index contributed by atoms with van der Waals surface area (Å²) in [6.45, 7) is 1.90. The number of aromatic amines is 1. The number of fused-ring (bicyclic) bond motifs is 1. The molecule has 3 aromatic rings. The fraction of sp³-hybridized carbons (Fsp3) is 0.250. The van der Waals surface area contributed by atoms with E-state index >= 15 is 0 Å². The number of H-pyrrole nitrogens is 1. The summed E-state index contributed by atoms with van der Waals surface area (Å²) >= 11 is 4.68. The van der Waals surface area contributed by atoms with E-state index < -0.39 is 11.2 Å². The number of carbonyl (C=O) groups excluding carboxylic acids is 1. The van der Waals surface area contributed by atoms with Crippen molar-refractivity contribution in [3.8, 4) is 0 Å². The number of halogens is 1. The summed E-state index contributed by atoms with van der Waals surface area (Å²) in [4.78, 5) is 42.3. The maximum Gasteiger partial charge on any atom is 0.329 e. The third-order valence-corrected chi connectivity index (χ3v) is 5.22. The van der Waals surface area contributed by atoms with Gasteiger partial charge in [0, 0.05) is 11.5 Å². The molecule has 0 aliphatic heterocycles. The Bertz CT molecular complexity index is 1080. The zero-order valence-corrected chi connectivity index (χ0v) is 16.0. The summed E-state index contributed by atoms with van der Waals surface area (Å²) in [6, 6.07) is 7.70. The van der Waals surface area contributed by atoms with Crippen molar-refractivity contribution < 1.29 is 4.79 Å². The van der Waals surface area contributed by atoms with Crippen molar-refractivity contribution in [3.05, 3.63) is 55.1 Å². The van der Waals surface area contributed by atoms with E-state index in [1.165, 1.54) is 23.3 Å². The summed E-state index contributed by atoms with van der Waals surface area (Å²) in [5.41, 5.74) is 0.567. The molecule has 0 radical (unpaired) electrons. The highest BCUT2D eigenvalue weighted by atomic mass is 79.9. The van der Waals surface area contributed by atoms with Crippen LogP contribution in [0.25, 0.3) is 11.2 Å². The van der Waals surface area contributed by atoms with E-state index in [1.807, 2.05) is 24.3 Å². The maximum absolute atomic E-state index is 12.4. The number of aryl methyl sites for hydroxylation is 1. The number of nitrogens with one attached hydrogen (secondary N) is 1. The highest BCUT2D eigenvalue weighted by molar-refractivity contribution is 9.10. The van der Waals surface area contributed by atoms with Crippen LogP contribution >= 0.6 is 27.7 Å². The first kappa shape index (κ1) is 17.7. The number of rotatable bonds is 5. The van der Waals surface area contributed by atoms with Gasteiger partial charge in [0.25, 0.3) is 5.56 Å². The molecular formula is C16H15BrN4O3S. The maximum atomic E-state index is 12.4. The van der Waals surface area contributed by atoms with Crippen LogP contribution in [0.1, 0.15) is 12.5 Å². The highest BCUT2D eigenvalue weighted by Crippen LogP contribution is 2.23. The third-order valence-electron chi connectivity index (χ3n) is 3.61. The molecule has 0 spiro atoms. The van der Waals surface area contributed by atoms with Gasteiger partial charge in [0.15, 0.2) is 16.3 Å². The fourth-order valence-corrected chi connectivity index (χ4v) is 3.70. The van der Waals surface area contributed by atoms with Gasteiger partial charge in [-0.1, -0.05) is 39.8 Å². The highest BCUT2D eigenvalue weighted by Gasteiger charge is 2.18. The molecule has 0 saturated carbocycles. The Balaban J connectivity index is 2.20. The lowest BCUT2D eigenvalue weighted by Gasteiger charge is -2.08. The summed E-state index contributed by atoms with van der Waals surface area (Å²) in [5, 5.41) is 0.525. The smallest absolute Gasteiger partial charge is 0.309 e. The molecule has 0 unspecified atom stereocenters. The minimum Gasteiger partial charge on any atom is -0.309 e. The first-order valence-corrected chi connectivity index (χ1v) is 9.21. The monoisotopic (exact) mass is 422 g/mol. The molecule has 0 aliphatic carbocycles. The van der Waals surface area contributed by atoms with E-state index in [4.69, 9.17) is 0 Å². The molecule has 0 atom stereocenters. The van der Waals surface area contributed by atoms with Gasteiger partial charge in [0.2, 0.25) is 0 Å². The van der Waals surface area contributed by atoms with Gasteiger partial charge in [0.1, 0.15) is 5.78 Å². The summed E-state index contributed by atoms with van der Waals surface area (Å²) in [6.07, 6.45) is 0. The van der Waals surface area contributed by atoms with E-state index in [1.54, 1.807) is 11.6 Å². The second kappa shape index (κ2) is 7.01. The molecule has 1 aromatic carbocycles. The minimum absolute atomic E-state index is 0.00820. The van der Waals surface area contributed by atoms with Crippen LogP contribution in [-0.4, -0.2) is 30.6 Å². The summed E-state index contributed by atoms with van der Waals surface area (Å²) < 4.78 is 3.96. The van der Waals surface area contributed by atoms with Gasteiger partial charge < -0.3 is 4.57 Å². The second-order valence-corrected chi connectivity index (χ2v) is 7.45. The number of hydrogen-bond donors (Lipinski definition) is 1. The van der Waals surface area contributed by atoms with Gasteiger partial charge in [-0.25, -0.2) is 9.78 Å². The van der Waals surface area contributed by atoms with Gasteiger partial charge in [-0.2, -0.15) is 0 Å². The molecule has 2 heterocycles. The van der Waals surface area contributed by atoms with Gasteiger partial charge in [0.05, 0.1) is 12.3 Å². The third kappa shape index (κ3) is 3.62. The van der Waals surface area contributed by atoms with E-state index in [0.717, 1.165) is 10.0 Å². The molecule has 2 aromatic heterocycles. The summed E-state index contributed by atoms with van der Waals surface area (Å²) in [7, 11) is 1.55.